The fourth-order valence-electron chi connectivity index (χ4n) is 1.70. The van der Waals surface area contributed by atoms with Crippen molar-refractivity contribution in [2.24, 2.45) is 0 Å². The van der Waals surface area contributed by atoms with E-state index in [0.717, 1.165) is 28.1 Å². The lowest BCUT2D eigenvalue weighted by atomic mass is 10.1. The van der Waals surface area contributed by atoms with Crippen LogP contribution < -0.4 is 4.74 Å². The Labute approximate surface area is 87.8 Å². The average Bonchev–Trinajstić information content (AvgIpc) is 2.63. The van der Waals surface area contributed by atoms with Gasteiger partial charge in [-0.05, 0) is 24.1 Å². The van der Waals surface area contributed by atoms with Crippen molar-refractivity contribution in [3.63, 3.8) is 0 Å². The summed E-state index contributed by atoms with van der Waals surface area (Å²) >= 11 is 6.07. The van der Waals surface area contributed by atoms with Crippen molar-refractivity contribution in [1.82, 2.24) is 4.98 Å². The van der Waals surface area contributed by atoms with Gasteiger partial charge in [0, 0.05) is 11.6 Å². The number of ether oxygens (including phenoxy) is 1. The highest BCUT2D eigenvalue weighted by Crippen LogP contribution is 2.33. The van der Waals surface area contributed by atoms with E-state index in [0.29, 0.717) is 0 Å². The van der Waals surface area contributed by atoms with Crippen molar-refractivity contribution in [3.05, 3.63) is 28.9 Å². The fraction of sp³-hybridized carbons (Fsp3) is 0.273. The summed E-state index contributed by atoms with van der Waals surface area (Å²) in [5.74, 6) is 0.877. The summed E-state index contributed by atoms with van der Waals surface area (Å²) in [5, 5.41) is 1.84. The lowest BCUT2D eigenvalue weighted by Gasteiger charge is -2.04. The van der Waals surface area contributed by atoms with Crippen LogP contribution in [0.25, 0.3) is 10.9 Å². The van der Waals surface area contributed by atoms with E-state index in [-0.39, 0.29) is 0 Å². The number of fused-ring (bicyclic) bond motifs is 1. The number of H-pyrrole nitrogens is 1. The molecule has 2 nitrogen and oxygen atoms in total. The summed E-state index contributed by atoms with van der Waals surface area (Å²) in [6, 6.07) is 3.75. The zero-order valence-electron chi connectivity index (χ0n) is 8.23. The lowest BCUT2D eigenvalue weighted by molar-refractivity contribution is 0.419. The molecule has 0 aliphatic carbocycles. The number of hydrogen-bond donors (Lipinski definition) is 1. The Kier molecular flexibility index (Phi) is 2.38. The van der Waals surface area contributed by atoms with Crippen molar-refractivity contribution < 1.29 is 4.74 Å². The molecule has 2 aromatic rings. The first-order valence-corrected chi connectivity index (χ1v) is 4.98. The second-order valence-corrected chi connectivity index (χ2v) is 3.57. The van der Waals surface area contributed by atoms with Gasteiger partial charge in [-0.1, -0.05) is 18.5 Å². The molecule has 0 aliphatic heterocycles. The van der Waals surface area contributed by atoms with Gasteiger partial charge in [0.15, 0.2) is 0 Å². The molecule has 0 spiro atoms. The molecular formula is C11H12ClNO. The Morgan fingerprint density at radius 1 is 1.43 bits per heavy atom. The van der Waals surface area contributed by atoms with E-state index in [2.05, 4.69) is 11.9 Å². The van der Waals surface area contributed by atoms with Crippen LogP contribution in [0.1, 0.15) is 12.5 Å². The summed E-state index contributed by atoms with van der Waals surface area (Å²) in [4.78, 5) is 3.17. The maximum Gasteiger partial charge on any atom is 0.128 e. The van der Waals surface area contributed by atoms with Crippen molar-refractivity contribution in [2.75, 3.05) is 7.11 Å². The molecule has 3 heteroatoms. The van der Waals surface area contributed by atoms with Gasteiger partial charge in [-0.25, -0.2) is 0 Å². The first-order valence-electron chi connectivity index (χ1n) is 4.60. The second-order valence-electron chi connectivity index (χ2n) is 3.17. The Morgan fingerprint density at radius 3 is 2.86 bits per heavy atom. The maximum absolute atomic E-state index is 6.07. The molecule has 0 atom stereocenters. The zero-order chi connectivity index (χ0) is 10.1. The van der Waals surface area contributed by atoms with Gasteiger partial charge in [-0.3, -0.25) is 0 Å². The van der Waals surface area contributed by atoms with Crippen LogP contribution in [0.5, 0.6) is 5.75 Å². The fourth-order valence-corrected chi connectivity index (χ4v) is 1.91. The maximum atomic E-state index is 6.07. The lowest BCUT2D eigenvalue weighted by Crippen LogP contribution is -1.86. The van der Waals surface area contributed by atoms with Gasteiger partial charge in [0.25, 0.3) is 0 Å². The van der Waals surface area contributed by atoms with Gasteiger partial charge in [0.05, 0.1) is 17.6 Å². The van der Waals surface area contributed by atoms with Crippen molar-refractivity contribution in [1.29, 1.82) is 0 Å². The summed E-state index contributed by atoms with van der Waals surface area (Å²) < 4.78 is 5.30. The minimum Gasteiger partial charge on any atom is -0.496 e. The van der Waals surface area contributed by atoms with Crippen LogP contribution in [-0.2, 0) is 6.42 Å². The largest absolute Gasteiger partial charge is 0.496 e. The predicted octanol–water partition coefficient (Wildman–Crippen LogP) is 3.39. The molecule has 2 rings (SSSR count). The quantitative estimate of drug-likeness (QED) is 0.806. The van der Waals surface area contributed by atoms with Crippen LogP contribution in [0.4, 0.5) is 0 Å². The predicted molar refractivity (Wildman–Crippen MR) is 59.2 cm³/mol. The number of hydrogen-bond acceptors (Lipinski definition) is 1. The molecule has 0 fully saturated rings. The molecule has 74 valence electrons. The third kappa shape index (κ3) is 1.26. The number of benzene rings is 1. The molecule has 1 aromatic carbocycles. The average molecular weight is 210 g/mol. The van der Waals surface area contributed by atoms with Gasteiger partial charge in [0.1, 0.15) is 5.75 Å². The highest BCUT2D eigenvalue weighted by molar-refractivity contribution is 6.35. The van der Waals surface area contributed by atoms with E-state index < -0.39 is 0 Å². The standard InChI is InChI=1S/C11H12ClNO/c1-3-7-6-13-11-8(12)4-5-9(14-2)10(7)11/h4-6,13H,3H2,1-2H3. The van der Waals surface area contributed by atoms with E-state index in [1.807, 2.05) is 18.3 Å². The molecule has 0 saturated carbocycles. The van der Waals surface area contributed by atoms with Gasteiger partial charge in [-0.15, -0.1) is 0 Å². The molecular weight excluding hydrogens is 198 g/mol. The summed E-state index contributed by atoms with van der Waals surface area (Å²) in [6.07, 6.45) is 2.95. The second kappa shape index (κ2) is 3.54. The first-order chi connectivity index (χ1) is 6.77. The molecule has 14 heavy (non-hydrogen) atoms. The van der Waals surface area contributed by atoms with Crippen LogP contribution in [0.15, 0.2) is 18.3 Å². The van der Waals surface area contributed by atoms with Crippen molar-refractivity contribution in [2.45, 2.75) is 13.3 Å². The molecule has 0 radical (unpaired) electrons. The number of rotatable bonds is 2. The zero-order valence-corrected chi connectivity index (χ0v) is 8.98. The normalized spacial score (nSPS) is 10.8. The number of aromatic nitrogens is 1. The molecule has 0 unspecified atom stereocenters. The van der Waals surface area contributed by atoms with Crippen LogP contribution in [0, 0.1) is 0 Å². The first kappa shape index (κ1) is 9.41. The van der Waals surface area contributed by atoms with Crippen LogP contribution in [0.2, 0.25) is 5.02 Å². The van der Waals surface area contributed by atoms with Gasteiger partial charge < -0.3 is 9.72 Å². The number of aryl methyl sites for hydroxylation is 1. The van der Waals surface area contributed by atoms with Crippen LogP contribution in [0.3, 0.4) is 0 Å². The van der Waals surface area contributed by atoms with Crippen LogP contribution >= 0.6 is 11.6 Å². The Morgan fingerprint density at radius 2 is 2.21 bits per heavy atom. The van der Waals surface area contributed by atoms with Crippen LogP contribution in [-0.4, -0.2) is 12.1 Å². The smallest absolute Gasteiger partial charge is 0.128 e. The molecule has 0 bridgehead atoms. The Bertz CT molecular complexity index is 462. The third-order valence-corrected chi connectivity index (χ3v) is 2.74. The number of methoxy groups -OCH3 is 1. The van der Waals surface area contributed by atoms with Gasteiger partial charge >= 0.3 is 0 Å². The molecule has 1 heterocycles. The minimum atomic E-state index is 0.737. The molecule has 0 saturated heterocycles. The molecule has 1 aromatic heterocycles. The topological polar surface area (TPSA) is 25.0 Å². The van der Waals surface area contributed by atoms with E-state index >= 15 is 0 Å². The SMILES string of the molecule is CCc1c[nH]c2c(Cl)ccc(OC)c12. The Balaban J connectivity index is 2.82. The number of halogens is 1. The van der Waals surface area contributed by atoms with Crippen molar-refractivity contribution >= 4 is 22.5 Å². The number of aromatic amines is 1. The van der Waals surface area contributed by atoms with E-state index in [4.69, 9.17) is 16.3 Å². The highest BCUT2D eigenvalue weighted by atomic mass is 35.5. The Hall–Kier alpha value is -1.15. The molecule has 0 amide bonds. The minimum absolute atomic E-state index is 0.737. The van der Waals surface area contributed by atoms with E-state index in [9.17, 15) is 0 Å². The van der Waals surface area contributed by atoms with E-state index in [1.165, 1.54) is 5.56 Å². The summed E-state index contributed by atoms with van der Waals surface area (Å²) in [6.45, 7) is 2.11. The van der Waals surface area contributed by atoms with Gasteiger partial charge in [-0.2, -0.15) is 0 Å². The molecule has 1 N–H and O–H groups in total. The molecule has 0 aliphatic rings. The summed E-state index contributed by atoms with van der Waals surface area (Å²) in [7, 11) is 1.68. The highest BCUT2D eigenvalue weighted by Gasteiger charge is 2.10. The third-order valence-electron chi connectivity index (χ3n) is 2.43. The van der Waals surface area contributed by atoms with E-state index in [1.54, 1.807) is 7.11 Å². The van der Waals surface area contributed by atoms with Gasteiger partial charge in [0.2, 0.25) is 0 Å². The monoisotopic (exact) mass is 209 g/mol. The number of nitrogens with one attached hydrogen (secondary N) is 1. The summed E-state index contributed by atoms with van der Waals surface area (Å²) in [5.41, 5.74) is 2.20. The van der Waals surface area contributed by atoms with Crippen molar-refractivity contribution in [3.8, 4) is 5.75 Å².